The van der Waals surface area contributed by atoms with E-state index < -0.39 is 15.0 Å². The molecular weight excluding hydrogens is 254 g/mol. The molecule has 1 aromatic carbocycles. The van der Waals surface area contributed by atoms with Gasteiger partial charge in [0.15, 0.2) is 0 Å². The molecule has 0 heterocycles. The van der Waals surface area contributed by atoms with Crippen molar-refractivity contribution >= 4 is 25.7 Å². The van der Waals surface area contributed by atoms with Crippen molar-refractivity contribution in [2.45, 2.75) is 4.90 Å². The monoisotopic (exact) mass is 259 g/mol. The fourth-order valence-electron chi connectivity index (χ4n) is 1.08. The molecule has 0 saturated carbocycles. The second kappa shape index (κ2) is 4.51. The minimum absolute atomic E-state index is 0.143. The first kappa shape index (κ1) is 12.5. The zero-order valence-corrected chi connectivity index (χ0v) is 9.67. The summed E-state index contributed by atoms with van der Waals surface area (Å²) < 4.78 is 26.7. The lowest BCUT2D eigenvalue weighted by molar-refractivity contribution is 0.0596. The number of hydrogen-bond acceptors (Lipinski definition) is 5. The van der Waals surface area contributed by atoms with E-state index in [2.05, 4.69) is 4.74 Å². The van der Waals surface area contributed by atoms with Gasteiger partial charge >= 0.3 is 5.97 Å². The van der Waals surface area contributed by atoms with E-state index >= 15 is 0 Å². The third kappa shape index (κ3) is 2.51. The number of hydrogen-bond donors (Lipinski definition) is 0. The minimum Gasteiger partial charge on any atom is -0.465 e. The lowest BCUT2D eigenvalue weighted by Gasteiger charge is -2.04. The van der Waals surface area contributed by atoms with Crippen LogP contribution in [0.5, 0.6) is 0 Å². The highest BCUT2D eigenvalue weighted by atomic mass is 35.7. The van der Waals surface area contributed by atoms with Crippen LogP contribution in [0, 0.1) is 11.3 Å². The van der Waals surface area contributed by atoms with Crippen LogP contribution < -0.4 is 0 Å². The van der Waals surface area contributed by atoms with Crippen LogP contribution in [0.2, 0.25) is 0 Å². The molecule has 0 radical (unpaired) electrons. The van der Waals surface area contributed by atoms with Gasteiger partial charge in [-0.25, -0.2) is 13.2 Å². The van der Waals surface area contributed by atoms with Crippen molar-refractivity contribution in [3.63, 3.8) is 0 Å². The van der Waals surface area contributed by atoms with E-state index in [4.69, 9.17) is 15.9 Å². The van der Waals surface area contributed by atoms with Gasteiger partial charge in [-0.15, -0.1) is 0 Å². The van der Waals surface area contributed by atoms with Crippen molar-refractivity contribution in [1.29, 1.82) is 5.26 Å². The molecule has 0 aliphatic rings. The number of carbonyl (C=O) groups excluding carboxylic acids is 1. The smallest absolute Gasteiger partial charge is 0.339 e. The van der Waals surface area contributed by atoms with Gasteiger partial charge < -0.3 is 4.74 Å². The Kier molecular flexibility index (Phi) is 3.52. The van der Waals surface area contributed by atoms with Gasteiger partial charge in [0.1, 0.15) is 0 Å². The highest BCUT2D eigenvalue weighted by Gasteiger charge is 2.21. The van der Waals surface area contributed by atoms with Crippen molar-refractivity contribution in [3.05, 3.63) is 29.3 Å². The van der Waals surface area contributed by atoms with Crippen LogP contribution in [0.1, 0.15) is 15.9 Å². The van der Waals surface area contributed by atoms with Crippen LogP contribution in [0.4, 0.5) is 0 Å². The van der Waals surface area contributed by atoms with Crippen LogP contribution >= 0.6 is 10.7 Å². The highest BCUT2D eigenvalue weighted by Crippen LogP contribution is 2.21. The molecule has 0 aliphatic heterocycles. The minimum atomic E-state index is -4.05. The van der Waals surface area contributed by atoms with Crippen molar-refractivity contribution in [2.24, 2.45) is 0 Å². The molecule has 5 nitrogen and oxygen atoms in total. The standard InChI is InChI=1S/C9H6ClNO4S/c1-15-9(12)7-4-6(5-11)2-3-8(7)16(10,13)14/h2-4H,1H3. The highest BCUT2D eigenvalue weighted by molar-refractivity contribution is 8.13. The maximum atomic E-state index is 11.3. The maximum absolute atomic E-state index is 11.3. The van der Waals surface area contributed by atoms with E-state index in [1.165, 1.54) is 6.07 Å². The molecule has 0 N–H and O–H groups in total. The number of ether oxygens (including phenoxy) is 1. The van der Waals surface area contributed by atoms with E-state index in [9.17, 15) is 13.2 Å². The Morgan fingerprint density at radius 3 is 2.56 bits per heavy atom. The SMILES string of the molecule is COC(=O)c1cc(C#N)ccc1S(=O)(=O)Cl. The second-order valence-corrected chi connectivity index (χ2v) is 5.29. The first-order valence-corrected chi connectivity index (χ1v) is 6.28. The van der Waals surface area contributed by atoms with Crippen molar-refractivity contribution in [1.82, 2.24) is 0 Å². The first-order valence-electron chi connectivity index (χ1n) is 3.97. The van der Waals surface area contributed by atoms with Crippen LogP contribution in [0.25, 0.3) is 0 Å². The predicted molar refractivity (Wildman–Crippen MR) is 55.5 cm³/mol. The number of nitriles is 1. The van der Waals surface area contributed by atoms with E-state index in [1.807, 2.05) is 0 Å². The summed E-state index contributed by atoms with van der Waals surface area (Å²) in [5.41, 5.74) is -0.110. The van der Waals surface area contributed by atoms with E-state index in [-0.39, 0.29) is 16.0 Å². The average Bonchev–Trinajstić information content (AvgIpc) is 2.25. The summed E-state index contributed by atoms with van der Waals surface area (Å²) in [6, 6.07) is 5.23. The lowest BCUT2D eigenvalue weighted by atomic mass is 10.1. The average molecular weight is 260 g/mol. The molecule has 1 aromatic rings. The summed E-state index contributed by atoms with van der Waals surface area (Å²) in [6.07, 6.45) is 0. The zero-order chi connectivity index (χ0) is 12.3. The normalized spacial score (nSPS) is 10.6. The van der Waals surface area contributed by atoms with Crippen molar-refractivity contribution < 1.29 is 17.9 Å². The Morgan fingerprint density at radius 2 is 2.12 bits per heavy atom. The number of carbonyl (C=O) groups is 1. The van der Waals surface area contributed by atoms with Gasteiger partial charge in [-0.1, -0.05) is 0 Å². The van der Waals surface area contributed by atoms with Gasteiger partial charge in [-0.2, -0.15) is 5.26 Å². The predicted octanol–water partition coefficient (Wildman–Crippen LogP) is 1.27. The summed E-state index contributed by atoms with van der Waals surface area (Å²) >= 11 is 0. The third-order valence-electron chi connectivity index (χ3n) is 1.78. The van der Waals surface area contributed by atoms with Gasteiger partial charge in [0.2, 0.25) is 0 Å². The van der Waals surface area contributed by atoms with Crippen LogP contribution in [0.3, 0.4) is 0 Å². The number of nitrogens with zero attached hydrogens (tertiary/aromatic N) is 1. The van der Waals surface area contributed by atoms with Crippen molar-refractivity contribution in [2.75, 3.05) is 7.11 Å². The summed E-state index contributed by atoms with van der Waals surface area (Å²) in [5, 5.41) is 8.63. The Hall–Kier alpha value is -1.58. The summed E-state index contributed by atoms with van der Waals surface area (Å²) in [6.45, 7) is 0. The molecule has 0 saturated heterocycles. The topological polar surface area (TPSA) is 84.2 Å². The number of rotatable bonds is 2. The fourth-order valence-corrected chi connectivity index (χ4v) is 2.12. The van der Waals surface area contributed by atoms with E-state index in [0.717, 1.165) is 19.2 Å². The van der Waals surface area contributed by atoms with Crippen LogP contribution in [-0.4, -0.2) is 21.5 Å². The largest absolute Gasteiger partial charge is 0.465 e. The molecule has 0 aliphatic carbocycles. The molecule has 0 aromatic heterocycles. The van der Waals surface area contributed by atoms with Crippen LogP contribution in [0.15, 0.2) is 23.1 Å². The van der Waals surface area contributed by atoms with E-state index in [0.29, 0.717) is 0 Å². The zero-order valence-electron chi connectivity index (χ0n) is 8.10. The van der Waals surface area contributed by atoms with Gasteiger partial charge in [0.05, 0.1) is 29.2 Å². The Morgan fingerprint density at radius 1 is 1.50 bits per heavy atom. The molecular formula is C9H6ClNO4S. The number of benzene rings is 1. The molecule has 84 valence electrons. The molecule has 0 spiro atoms. The molecule has 1 rings (SSSR count). The molecule has 0 bridgehead atoms. The molecule has 0 unspecified atom stereocenters. The molecule has 0 fully saturated rings. The maximum Gasteiger partial charge on any atom is 0.339 e. The van der Waals surface area contributed by atoms with Gasteiger partial charge in [-0.05, 0) is 18.2 Å². The quantitative estimate of drug-likeness (QED) is 0.590. The Balaban J connectivity index is 3.53. The summed E-state index contributed by atoms with van der Waals surface area (Å²) in [4.78, 5) is 10.9. The molecule has 16 heavy (non-hydrogen) atoms. The van der Waals surface area contributed by atoms with Gasteiger partial charge in [0, 0.05) is 10.7 Å². The van der Waals surface area contributed by atoms with Gasteiger partial charge in [-0.3, -0.25) is 0 Å². The molecule has 7 heteroatoms. The Labute approximate surface area is 96.6 Å². The summed E-state index contributed by atoms with van der Waals surface area (Å²) in [7, 11) is 2.19. The number of halogens is 1. The number of esters is 1. The summed E-state index contributed by atoms with van der Waals surface area (Å²) in [5.74, 6) is -0.865. The fraction of sp³-hybridized carbons (Fsp3) is 0.111. The van der Waals surface area contributed by atoms with Crippen LogP contribution in [-0.2, 0) is 13.8 Å². The van der Waals surface area contributed by atoms with Gasteiger partial charge in [0.25, 0.3) is 9.05 Å². The Bertz CT molecular complexity index is 574. The molecule has 0 amide bonds. The lowest BCUT2D eigenvalue weighted by Crippen LogP contribution is -2.07. The van der Waals surface area contributed by atoms with E-state index in [1.54, 1.807) is 6.07 Å². The second-order valence-electron chi connectivity index (χ2n) is 2.75. The first-order chi connectivity index (χ1) is 7.40. The van der Waals surface area contributed by atoms with Crippen molar-refractivity contribution in [3.8, 4) is 6.07 Å². The molecule has 0 atom stereocenters. The third-order valence-corrected chi connectivity index (χ3v) is 3.16. The number of methoxy groups -OCH3 is 1.